The first-order valence-corrected chi connectivity index (χ1v) is 5.59. The number of hydrogen-bond acceptors (Lipinski definition) is 2. The Labute approximate surface area is 87.1 Å². The van der Waals surface area contributed by atoms with Crippen LogP contribution in [0.15, 0.2) is 0 Å². The van der Waals surface area contributed by atoms with Gasteiger partial charge in [0, 0.05) is 12.5 Å². The van der Waals surface area contributed by atoms with E-state index in [0.717, 1.165) is 32.2 Å². The van der Waals surface area contributed by atoms with Gasteiger partial charge in [-0.15, -0.1) is 12.3 Å². The maximum atomic E-state index is 10.0. The maximum Gasteiger partial charge on any atom is 0.0757 e. The van der Waals surface area contributed by atoms with E-state index >= 15 is 0 Å². The molecule has 2 nitrogen and oxygen atoms in total. The van der Waals surface area contributed by atoms with Gasteiger partial charge in [-0.25, -0.2) is 0 Å². The third-order valence-corrected chi connectivity index (χ3v) is 3.03. The third-order valence-electron chi connectivity index (χ3n) is 3.03. The van der Waals surface area contributed by atoms with Crippen molar-refractivity contribution in [2.24, 2.45) is 0 Å². The minimum Gasteiger partial charge on any atom is -0.389 e. The highest BCUT2D eigenvalue weighted by atomic mass is 16.3. The van der Waals surface area contributed by atoms with Crippen molar-refractivity contribution in [1.82, 2.24) is 5.32 Å². The van der Waals surface area contributed by atoms with E-state index in [1.807, 2.05) is 0 Å². The Balaban J connectivity index is 2.27. The van der Waals surface area contributed by atoms with Crippen LogP contribution in [0.5, 0.6) is 0 Å². The molecule has 2 N–H and O–H groups in total. The summed E-state index contributed by atoms with van der Waals surface area (Å²) in [4.78, 5) is 0. The molecule has 0 aliphatic heterocycles. The highest BCUT2D eigenvalue weighted by molar-refractivity contribution is 4.98. The lowest BCUT2D eigenvalue weighted by Gasteiger charge is -2.35. The highest BCUT2D eigenvalue weighted by Gasteiger charge is 2.31. The van der Waals surface area contributed by atoms with Crippen molar-refractivity contribution in [2.75, 3.05) is 6.54 Å². The van der Waals surface area contributed by atoms with Crippen molar-refractivity contribution in [1.29, 1.82) is 0 Å². The van der Waals surface area contributed by atoms with Gasteiger partial charge in [0.1, 0.15) is 0 Å². The lowest BCUT2D eigenvalue weighted by atomic mass is 9.80. The summed E-state index contributed by atoms with van der Waals surface area (Å²) in [7, 11) is 0. The van der Waals surface area contributed by atoms with E-state index in [-0.39, 0.29) is 0 Å². The summed E-state index contributed by atoms with van der Waals surface area (Å²) in [6.45, 7) is 3.25. The van der Waals surface area contributed by atoms with Crippen LogP contribution in [0.3, 0.4) is 0 Å². The van der Waals surface area contributed by atoms with E-state index in [1.54, 1.807) is 0 Å². The first kappa shape index (κ1) is 11.6. The fourth-order valence-corrected chi connectivity index (χ4v) is 2.07. The van der Waals surface area contributed by atoms with Gasteiger partial charge < -0.3 is 10.4 Å². The first-order chi connectivity index (χ1) is 6.70. The largest absolute Gasteiger partial charge is 0.389 e. The summed E-state index contributed by atoms with van der Waals surface area (Å²) >= 11 is 0. The number of hydrogen-bond donors (Lipinski definition) is 2. The van der Waals surface area contributed by atoms with E-state index in [4.69, 9.17) is 6.42 Å². The summed E-state index contributed by atoms with van der Waals surface area (Å²) < 4.78 is 0. The van der Waals surface area contributed by atoms with Crippen LogP contribution in [0.1, 0.15) is 45.4 Å². The molecule has 0 saturated heterocycles. The molecule has 0 aromatic heterocycles. The number of rotatable bonds is 4. The molecule has 1 saturated carbocycles. The van der Waals surface area contributed by atoms with Crippen LogP contribution in [0.25, 0.3) is 0 Å². The number of nitrogens with one attached hydrogen (secondary N) is 1. The predicted molar refractivity (Wildman–Crippen MR) is 58.9 cm³/mol. The zero-order chi connectivity index (χ0) is 10.4. The molecule has 1 aliphatic rings. The fourth-order valence-electron chi connectivity index (χ4n) is 2.07. The maximum absolute atomic E-state index is 10.0. The van der Waals surface area contributed by atoms with Crippen molar-refractivity contribution in [2.45, 2.75) is 57.1 Å². The zero-order valence-corrected chi connectivity index (χ0v) is 9.05. The van der Waals surface area contributed by atoms with E-state index < -0.39 is 5.60 Å². The average Bonchev–Trinajstić information content (AvgIpc) is 2.17. The predicted octanol–water partition coefficient (Wildman–Crippen LogP) is 1.68. The van der Waals surface area contributed by atoms with Crippen LogP contribution in [-0.2, 0) is 0 Å². The van der Waals surface area contributed by atoms with E-state index in [1.165, 1.54) is 6.42 Å². The van der Waals surface area contributed by atoms with Gasteiger partial charge >= 0.3 is 0 Å². The van der Waals surface area contributed by atoms with Gasteiger partial charge in [0.15, 0.2) is 0 Å². The molecule has 0 aromatic carbocycles. The quantitative estimate of drug-likeness (QED) is 0.669. The van der Waals surface area contributed by atoms with E-state index in [2.05, 4.69) is 18.2 Å². The van der Waals surface area contributed by atoms with Gasteiger partial charge in [0.25, 0.3) is 0 Å². The summed E-state index contributed by atoms with van der Waals surface area (Å²) in [5, 5.41) is 13.5. The number of aliphatic hydroxyl groups is 1. The fraction of sp³-hybridized carbons (Fsp3) is 0.833. The van der Waals surface area contributed by atoms with Crippen LogP contribution in [0, 0.1) is 12.3 Å². The zero-order valence-electron chi connectivity index (χ0n) is 9.05. The van der Waals surface area contributed by atoms with Gasteiger partial charge in [-0.05, 0) is 38.6 Å². The van der Waals surface area contributed by atoms with E-state index in [9.17, 15) is 5.11 Å². The Hall–Kier alpha value is -0.520. The summed E-state index contributed by atoms with van der Waals surface area (Å²) in [5.74, 6) is 2.57. The summed E-state index contributed by atoms with van der Waals surface area (Å²) in [6, 6.07) is 0.591. The van der Waals surface area contributed by atoms with Crippen LogP contribution >= 0.6 is 0 Å². The Morgan fingerprint density at radius 2 is 2.14 bits per heavy atom. The monoisotopic (exact) mass is 195 g/mol. The molecule has 0 amide bonds. The summed E-state index contributed by atoms with van der Waals surface area (Å²) in [6.07, 6.45) is 10.7. The van der Waals surface area contributed by atoms with Crippen molar-refractivity contribution < 1.29 is 5.11 Å². The van der Waals surface area contributed by atoms with Crippen LogP contribution in [0.4, 0.5) is 0 Å². The van der Waals surface area contributed by atoms with E-state index in [0.29, 0.717) is 12.5 Å². The van der Waals surface area contributed by atoms with Crippen molar-refractivity contribution in [3.8, 4) is 12.3 Å². The normalized spacial score (nSPS) is 32.5. The highest BCUT2D eigenvalue weighted by Crippen LogP contribution is 2.30. The molecule has 0 heterocycles. The van der Waals surface area contributed by atoms with Gasteiger partial charge in [0.2, 0.25) is 0 Å². The van der Waals surface area contributed by atoms with Crippen LogP contribution in [-0.4, -0.2) is 23.3 Å². The Bertz CT molecular complexity index is 199. The number of terminal acetylenes is 1. The SMILES string of the molecule is C#CCC1(O)CCC(NCCC)CC1. The molecule has 1 fully saturated rings. The van der Waals surface area contributed by atoms with Crippen molar-refractivity contribution in [3.05, 3.63) is 0 Å². The van der Waals surface area contributed by atoms with Gasteiger partial charge in [-0.1, -0.05) is 6.92 Å². The lowest BCUT2D eigenvalue weighted by Crippen LogP contribution is -2.41. The molecule has 14 heavy (non-hydrogen) atoms. The second-order valence-corrected chi connectivity index (χ2v) is 4.33. The Kier molecular flexibility index (Phi) is 4.44. The Morgan fingerprint density at radius 3 is 2.64 bits per heavy atom. The van der Waals surface area contributed by atoms with Crippen molar-refractivity contribution >= 4 is 0 Å². The molecule has 0 spiro atoms. The summed E-state index contributed by atoms with van der Waals surface area (Å²) in [5.41, 5.74) is -0.570. The van der Waals surface area contributed by atoms with Gasteiger partial charge in [-0.2, -0.15) is 0 Å². The molecule has 1 aliphatic carbocycles. The van der Waals surface area contributed by atoms with Crippen LogP contribution < -0.4 is 5.32 Å². The first-order valence-electron chi connectivity index (χ1n) is 5.59. The van der Waals surface area contributed by atoms with Crippen LogP contribution in [0.2, 0.25) is 0 Å². The van der Waals surface area contributed by atoms with Gasteiger partial charge in [-0.3, -0.25) is 0 Å². The minimum absolute atomic E-state index is 0.507. The molecule has 0 aromatic rings. The standard InChI is InChI=1S/C12H21NO/c1-3-7-12(14)8-5-11(6-9-12)13-10-4-2/h1,11,13-14H,4-10H2,2H3. The average molecular weight is 195 g/mol. The molecule has 80 valence electrons. The van der Waals surface area contributed by atoms with Gasteiger partial charge in [0.05, 0.1) is 5.60 Å². The lowest BCUT2D eigenvalue weighted by molar-refractivity contribution is 0.00125. The van der Waals surface area contributed by atoms with Crippen molar-refractivity contribution in [3.63, 3.8) is 0 Å². The second kappa shape index (κ2) is 5.38. The molecule has 0 atom stereocenters. The molecule has 0 unspecified atom stereocenters. The molecular formula is C12H21NO. The molecule has 2 heteroatoms. The molecule has 1 rings (SSSR count). The molecular weight excluding hydrogens is 174 g/mol. The molecule has 0 bridgehead atoms. The minimum atomic E-state index is -0.570. The smallest absolute Gasteiger partial charge is 0.0757 e. The topological polar surface area (TPSA) is 32.3 Å². The Morgan fingerprint density at radius 1 is 1.50 bits per heavy atom. The third kappa shape index (κ3) is 3.32. The second-order valence-electron chi connectivity index (χ2n) is 4.33. The molecule has 0 radical (unpaired) electrons.